The van der Waals surface area contributed by atoms with Gasteiger partial charge in [-0.15, -0.1) is 0 Å². The molecular formula is C24H32FN5O3S. The Morgan fingerprint density at radius 3 is 2.56 bits per heavy atom. The van der Waals surface area contributed by atoms with E-state index in [1.165, 1.54) is 16.4 Å². The van der Waals surface area contributed by atoms with Gasteiger partial charge >= 0.3 is 10.2 Å². The van der Waals surface area contributed by atoms with Crippen LogP contribution in [-0.4, -0.2) is 54.8 Å². The van der Waals surface area contributed by atoms with Crippen LogP contribution in [-0.2, 0) is 10.2 Å². The van der Waals surface area contributed by atoms with Crippen molar-refractivity contribution in [1.29, 1.82) is 0 Å². The summed E-state index contributed by atoms with van der Waals surface area (Å²) in [6, 6.07) is 7.73. The van der Waals surface area contributed by atoms with Gasteiger partial charge in [0.2, 0.25) is 0 Å². The summed E-state index contributed by atoms with van der Waals surface area (Å²) < 4.78 is 43.7. The van der Waals surface area contributed by atoms with Crippen LogP contribution in [0.2, 0.25) is 0 Å². The number of halogens is 1. The van der Waals surface area contributed by atoms with Crippen LogP contribution in [0.1, 0.15) is 49.5 Å². The molecule has 2 atom stereocenters. The SMILES string of the molecule is Cc1ccc(-c2ccc(C(=O)NS(=O)(=O)N3CC[C@H](N)C3)c(N3C[C@@H](C)CC3(C)C)n2)c(F)c1. The molecule has 1 amide bonds. The third-order valence-corrected chi connectivity index (χ3v) is 8.05. The molecule has 0 radical (unpaired) electrons. The molecule has 8 nitrogen and oxygen atoms in total. The molecule has 0 unspecified atom stereocenters. The highest BCUT2D eigenvalue weighted by Crippen LogP contribution is 2.38. The highest BCUT2D eigenvalue weighted by Gasteiger charge is 2.40. The monoisotopic (exact) mass is 489 g/mol. The average Bonchev–Trinajstić information content (AvgIpc) is 3.29. The van der Waals surface area contributed by atoms with Gasteiger partial charge in [-0.1, -0.05) is 13.0 Å². The van der Waals surface area contributed by atoms with Crippen LogP contribution in [0.5, 0.6) is 0 Å². The second kappa shape index (κ2) is 8.90. The highest BCUT2D eigenvalue weighted by molar-refractivity contribution is 7.87. The smallest absolute Gasteiger partial charge is 0.304 e. The van der Waals surface area contributed by atoms with E-state index in [9.17, 15) is 17.6 Å². The molecule has 10 heteroatoms. The van der Waals surface area contributed by atoms with Crippen molar-refractivity contribution in [1.82, 2.24) is 14.0 Å². The van der Waals surface area contributed by atoms with E-state index in [-0.39, 0.29) is 30.2 Å². The van der Waals surface area contributed by atoms with E-state index in [4.69, 9.17) is 10.7 Å². The standard InChI is InChI=1S/C24H32FN5O3S/c1-15-5-6-18(20(25)11-15)21-8-7-19(22(27-21)30-13-16(2)12-24(30,3)4)23(31)28-34(32,33)29-10-9-17(26)14-29/h5-8,11,16-17H,9-10,12-14,26H2,1-4H3,(H,28,31)/t16-,17-/m0/s1. The minimum absolute atomic E-state index is 0.130. The number of hydrogen-bond donors (Lipinski definition) is 2. The Morgan fingerprint density at radius 1 is 1.24 bits per heavy atom. The van der Waals surface area contributed by atoms with E-state index in [1.807, 2.05) is 4.90 Å². The molecular weight excluding hydrogens is 457 g/mol. The van der Waals surface area contributed by atoms with Crippen LogP contribution in [0.3, 0.4) is 0 Å². The van der Waals surface area contributed by atoms with E-state index in [0.717, 1.165) is 12.0 Å². The highest BCUT2D eigenvalue weighted by atomic mass is 32.2. The number of anilines is 1. The molecule has 0 aliphatic carbocycles. The molecule has 1 aromatic heterocycles. The second-order valence-electron chi connectivity index (χ2n) is 10.1. The normalized spacial score (nSPS) is 22.8. The Balaban J connectivity index is 1.75. The Morgan fingerprint density at radius 2 is 1.97 bits per heavy atom. The van der Waals surface area contributed by atoms with Gasteiger partial charge < -0.3 is 10.6 Å². The second-order valence-corrected chi connectivity index (χ2v) is 11.8. The van der Waals surface area contributed by atoms with Gasteiger partial charge in [0.1, 0.15) is 11.6 Å². The molecule has 2 aliphatic rings. The minimum atomic E-state index is -4.05. The lowest BCUT2D eigenvalue weighted by Gasteiger charge is -2.34. The van der Waals surface area contributed by atoms with Crippen LogP contribution in [0.25, 0.3) is 11.3 Å². The molecule has 34 heavy (non-hydrogen) atoms. The zero-order chi connectivity index (χ0) is 24.8. The number of rotatable bonds is 5. The van der Waals surface area contributed by atoms with E-state index in [0.29, 0.717) is 36.0 Å². The van der Waals surface area contributed by atoms with Gasteiger partial charge in [-0.3, -0.25) is 4.79 Å². The summed E-state index contributed by atoms with van der Waals surface area (Å²) in [5.74, 6) is -0.480. The van der Waals surface area contributed by atoms with Crippen molar-refractivity contribution in [3.63, 3.8) is 0 Å². The van der Waals surface area contributed by atoms with Crippen molar-refractivity contribution in [2.24, 2.45) is 11.7 Å². The molecule has 2 fully saturated rings. The first kappa shape index (κ1) is 24.6. The largest absolute Gasteiger partial charge is 0.351 e. The summed E-state index contributed by atoms with van der Waals surface area (Å²) in [5, 5.41) is 0. The van der Waals surface area contributed by atoms with E-state index < -0.39 is 21.9 Å². The van der Waals surface area contributed by atoms with E-state index >= 15 is 0 Å². The number of aryl methyl sites for hydroxylation is 1. The summed E-state index contributed by atoms with van der Waals surface area (Å²) in [5.41, 5.74) is 7.15. The lowest BCUT2D eigenvalue weighted by Crippen LogP contribution is -2.44. The van der Waals surface area contributed by atoms with Crippen LogP contribution in [0, 0.1) is 18.7 Å². The number of nitrogens with two attached hydrogens (primary N) is 1. The molecule has 3 heterocycles. The maximum Gasteiger partial charge on any atom is 0.304 e. The molecule has 184 valence electrons. The van der Waals surface area contributed by atoms with Crippen molar-refractivity contribution in [3.05, 3.63) is 47.3 Å². The van der Waals surface area contributed by atoms with Gasteiger partial charge in [0.15, 0.2) is 0 Å². The van der Waals surface area contributed by atoms with E-state index in [2.05, 4.69) is 25.5 Å². The number of carbonyl (C=O) groups excluding carboxylic acids is 1. The fraction of sp³-hybridized carbons (Fsp3) is 0.500. The van der Waals surface area contributed by atoms with Gasteiger partial charge in [0.05, 0.1) is 11.3 Å². The number of hydrogen-bond acceptors (Lipinski definition) is 6. The minimum Gasteiger partial charge on any atom is -0.351 e. The van der Waals surface area contributed by atoms with Crippen molar-refractivity contribution in [2.45, 2.75) is 52.1 Å². The van der Waals surface area contributed by atoms with Gasteiger partial charge in [0, 0.05) is 36.8 Å². The van der Waals surface area contributed by atoms with Crippen LogP contribution >= 0.6 is 0 Å². The summed E-state index contributed by atoms with van der Waals surface area (Å²) in [4.78, 5) is 20.0. The van der Waals surface area contributed by atoms with Crippen molar-refractivity contribution < 1.29 is 17.6 Å². The van der Waals surface area contributed by atoms with Gasteiger partial charge in [-0.25, -0.2) is 14.1 Å². The topological polar surface area (TPSA) is 109 Å². The van der Waals surface area contributed by atoms with Crippen molar-refractivity contribution in [3.8, 4) is 11.3 Å². The maximum atomic E-state index is 14.7. The molecule has 2 aliphatic heterocycles. The number of carbonyl (C=O) groups is 1. The van der Waals surface area contributed by atoms with Crippen LogP contribution in [0.15, 0.2) is 30.3 Å². The van der Waals surface area contributed by atoms with Gasteiger partial charge in [0.25, 0.3) is 5.91 Å². The van der Waals surface area contributed by atoms with Gasteiger partial charge in [-0.05, 0) is 69.4 Å². The molecule has 2 aromatic rings. The predicted octanol–water partition coefficient (Wildman–Crippen LogP) is 2.83. The Labute approximate surface area is 200 Å². The fourth-order valence-corrected chi connectivity index (χ4v) is 6.18. The quantitative estimate of drug-likeness (QED) is 0.669. The Bertz CT molecular complexity index is 1220. The van der Waals surface area contributed by atoms with Crippen molar-refractivity contribution in [2.75, 3.05) is 24.5 Å². The zero-order valence-electron chi connectivity index (χ0n) is 20.0. The van der Waals surface area contributed by atoms with Crippen LogP contribution in [0.4, 0.5) is 10.2 Å². The maximum absolute atomic E-state index is 14.7. The number of nitrogens with zero attached hydrogens (tertiary/aromatic N) is 3. The summed E-state index contributed by atoms with van der Waals surface area (Å²) >= 11 is 0. The van der Waals surface area contributed by atoms with Crippen molar-refractivity contribution >= 4 is 21.9 Å². The number of nitrogens with one attached hydrogen (secondary N) is 1. The molecule has 0 saturated carbocycles. The average molecular weight is 490 g/mol. The first-order chi connectivity index (χ1) is 15.9. The van der Waals surface area contributed by atoms with Gasteiger partial charge in [-0.2, -0.15) is 12.7 Å². The summed E-state index contributed by atoms with van der Waals surface area (Å²) in [6.45, 7) is 9.11. The third kappa shape index (κ3) is 4.80. The first-order valence-corrected chi connectivity index (χ1v) is 12.9. The number of pyridine rings is 1. The molecule has 4 rings (SSSR count). The summed E-state index contributed by atoms with van der Waals surface area (Å²) in [6.07, 6.45) is 1.42. The lowest BCUT2D eigenvalue weighted by molar-refractivity contribution is 0.0979. The van der Waals surface area contributed by atoms with E-state index in [1.54, 1.807) is 25.1 Å². The lowest BCUT2D eigenvalue weighted by atomic mass is 9.97. The molecule has 1 aromatic carbocycles. The van der Waals surface area contributed by atoms with Crippen LogP contribution < -0.4 is 15.4 Å². The molecule has 3 N–H and O–H groups in total. The number of amides is 1. The summed E-state index contributed by atoms with van der Waals surface area (Å²) in [7, 11) is -4.05. The fourth-order valence-electron chi connectivity index (χ4n) is 4.98. The number of aromatic nitrogens is 1. The zero-order valence-corrected chi connectivity index (χ0v) is 20.8. The third-order valence-electron chi connectivity index (χ3n) is 6.60. The Kier molecular flexibility index (Phi) is 6.43. The molecule has 0 bridgehead atoms. The first-order valence-electron chi connectivity index (χ1n) is 11.5. The predicted molar refractivity (Wildman–Crippen MR) is 130 cm³/mol. The molecule has 0 spiro atoms. The number of benzene rings is 1. The Hall–Kier alpha value is -2.56. The molecule has 2 saturated heterocycles.